The van der Waals surface area contributed by atoms with Gasteiger partial charge in [0.25, 0.3) is 5.91 Å². The molecule has 1 saturated heterocycles. The van der Waals surface area contributed by atoms with Crippen molar-refractivity contribution in [1.82, 2.24) is 19.8 Å². The van der Waals surface area contributed by atoms with E-state index in [1.165, 1.54) is 12.4 Å². The van der Waals surface area contributed by atoms with Gasteiger partial charge >= 0.3 is 0 Å². The summed E-state index contributed by atoms with van der Waals surface area (Å²) in [6.45, 7) is 3.77. The van der Waals surface area contributed by atoms with Gasteiger partial charge < -0.3 is 15.1 Å². The van der Waals surface area contributed by atoms with Crippen molar-refractivity contribution >= 4 is 17.8 Å². The molecule has 7 nitrogen and oxygen atoms in total. The fourth-order valence-electron chi connectivity index (χ4n) is 4.31. The maximum absolute atomic E-state index is 13.5. The van der Waals surface area contributed by atoms with Gasteiger partial charge in [-0.15, -0.1) is 0 Å². The van der Waals surface area contributed by atoms with Gasteiger partial charge in [-0.05, 0) is 23.1 Å². The monoisotopic (exact) mass is 443 g/mol. The standard InChI is InChI=1S/C26H29N5O2/c1-3-13-30-14-15-31(24(32)21-17-28-26(27-2)29-18-21)23(25(30)33)16-20-11-7-8-12-22(20)19-9-5-4-6-10-19/h4-12,17-18,23H,3,13-16H2,1-2H3,(H,27,28,29)/t23-/m1/s1. The Morgan fingerprint density at radius 1 is 1.03 bits per heavy atom. The molecule has 0 unspecified atom stereocenters. The third kappa shape index (κ3) is 4.87. The maximum atomic E-state index is 13.5. The summed E-state index contributed by atoms with van der Waals surface area (Å²) in [7, 11) is 1.72. The predicted molar refractivity (Wildman–Crippen MR) is 129 cm³/mol. The van der Waals surface area contributed by atoms with Crippen molar-refractivity contribution in [2.75, 3.05) is 32.0 Å². The highest BCUT2D eigenvalue weighted by atomic mass is 16.2. The van der Waals surface area contributed by atoms with Gasteiger partial charge in [0, 0.05) is 45.5 Å². The Labute approximate surface area is 194 Å². The highest BCUT2D eigenvalue weighted by Gasteiger charge is 2.38. The summed E-state index contributed by atoms with van der Waals surface area (Å²) in [5.74, 6) is 0.222. The zero-order valence-electron chi connectivity index (χ0n) is 19.1. The number of hydrogen-bond acceptors (Lipinski definition) is 5. The van der Waals surface area contributed by atoms with Crippen LogP contribution in [0.5, 0.6) is 0 Å². The zero-order chi connectivity index (χ0) is 23.2. The van der Waals surface area contributed by atoms with E-state index in [9.17, 15) is 9.59 Å². The Kier molecular flexibility index (Phi) is 6.98. The highest BCUT2D eigenvalue weighted by molar-refractivity contribution is 5.98. The minimum absolute atomic E-state index is 0.00734. The lowest BCUT2D eigenvalue weighted by Gasteiger charge is -2.41. The molecule has 1 N–H and O–H groups in total. The first-order chi connectivity index (χ1) is 16.1. The lowest BCUT2D eigenvalue weighted by Crippen LogP contribution is -2.59. The normalized spacial score (nSPS) is 16.1. The van der Waals surface area contributed by atoms with Crippen LogP contribution < -0.4 is 5.32 Å². The predicted octanol–water partition coefficient (Wildman–Crippen LogP) is 3.49. The maximum Gasteiger partial charge on any atom is 0.257 e. The molecule has 7 heteroatoms. The van der Waals surface area contributed by atoms with Gasteiger partial charge in [-0.2, -0.15) is 0 Å². The summed E-state index contributed by atoms with van der Waals surface area (Å²) in [6.07, 6.45) is 4.36. The van der Waals surface area contributed by atoms with Gasteiger partial charge in [0.2, 0.25) is 11.9 Å². The SMILES string of the molecule is CCCN1CCN(C(=O)c2cnc(NC)nc2)[C@H](Cc2ccccc2-c2ccccc2)C1=O. The van der Waals surface area contributed by atoms with E-state index in [4.69, 9.17) is 0 Å². The summed E-state index contributed by atoms with van der Waals surface area (Å²) in [4.78, 5) is 38.8. The van der Waals surface area contributed by atoms with E-state index >= 15 is 0 Å². The summed E-state index contributed by atoms with van der Waals surface area (Å²) in [5.41, 5.74) is 3.59. The van der Waals surface area contributed by atoms with Crippen LogP contribution in [0.2, 0.25) is 0 Å². The van der Waals surface area contributed by atoms with Gasteiger partial charge in [-0.25, -0.2) is 9.97 Å². The third-order valence-corrected chi connectivity index (χ3v) is 5.98. The minimum Gasteiger partial charge on any atom is -0.357 e. The molecule has 4 rings (SSSR count). The number of carbonyl (C=O) groups is 2. The summed E-state index contributed by atoms with van der Waals surface area (Å²) < 4.78 is 0. The molecule has 2 heterocycles. The van der Waals surface area contributed by atoms with Crippen molar-refractivity contribution < 1.29 is 9.59 Å². The number of nitrogens with zero attached hydrogens (tertiary/aromatic N) is 4. The molecule has 3 aromatic rings. The number of carbonyl (C=O) groups excluding carboxylic acids is 2. The zero-order valence-corrected chi connectivity index (χ0v) is 19.1. The molecular formula is C26H29N5O2. The van der Waals surface area contributed by atoms with Crippen LogP contribution in [0.4, 0.5) is 5.95 Å². The molecule has 1 aliphatic rings. The molecule has 0 bridgehead atoms. The fraction of sp³-hybridized carbons (Fsp3) is 0.308. The largest absolute Gasteiger partial charge is 0.357 e. The van der Waals surface area contributed by atoms with Gasteiger partial charge in [0.15, 0.2) is 0 Å². The Bertz CT molecular complexity index is 1100. The quantitative estimate of drug-likeness (QED) is 0.605. The van der Waals surface area contributed by atoms with Crippen LogP contribution >= 0.6 is 0 Å². The number of amides is 2. The van der Waals surface area contributed by atoms with Gasteiger partial charge in [0.1, 0.15) is 6.04 Å². The molecule has 1 aromatic heterocycles. The number of aromatic nitrogens is 2. The average molecular weight is 444 g/mol. The van der Waals surface area contributed by atoms with E-state index in [1.807, 2.05) is 41.3 Å². The van der Waals surface area contributed by atoms with Crippen LogP contribution in [0.1, 0.15) is 29.3 Å². The molecule has 33 heavy (non-hydrogen) atoms. The Balaban J connectivity index is 1.67. The van der Waals surface area contributed by atoms with E-state index in [-0.39, 0.29) is 11.8 Å². The molecule has 1 fully saturated rings. The second-order valence-electron chi connectivity index (χ2n) is 8.11. The minimum atomic E-state index is -0.577. The van der Waals surface area contributed by atoms with Gasteiger partial charge in [-0.3, -0.25) is 9.59 Å². The van der Waals surface area contributed by atoms with Crippen molar-refractivity contribution in [3.63, 3.8) is 0 Å². The van der Waals surface area contributed by atoms with Crippen LogP contribution in [0.15, 0.2) is 67.0 Å². The van der Waals surface area contributed by atoms with Gasteiger partial charge in [0.05, 0.1) is 5.56 Å². The van der Waals surface area contributed by atoms with E-state index in [2.05, 4.69) is 40.4 Å². The first-order valence-electron chi connectivity index (χ1n) is 11.3. The lowest BCUT2D eigenvalue weighted by molar-refractivity contribution is -0.140. The number of hydrogen-bond donors (Lipinski definition) is 1. The first kappa shape index (κ1) is 22.5. The molecular weight excluding hydrogens is 414 g/mol. The van der Waals surface area contributed by atoms with Crippen molar-refractivity contribution in [2.24, 2.45) is 0 Å². The van der Waals surface area contributed by atoms with E-state index < -0.39 is 6.04 Å². The second kappa shape index (κ2) is 10.3. The van der Waals surface area contributed by atoms with Crippen molar-refractivity contribution in [1.29, 1.82) is 0 Å². The van der Waals surface area contributed by atoms with Crippen molar-refractivity contribution in [2.45, 2.75) is 25.8 Å². The highest BCUT2D eigenvalue weighted by Crippen LogP contribution is 2.27. The second-order valence-corrected chi connectivity index (χ2v) is 8.11. The van der Waals surface area contributed by atoms with Gasteiger partial charge in [-0.1, -0.05) is 61.5 Å². The molecule has 2 amide bonds. The van der Waals surface area contributed by atoms with E-state index in [0.29, 0.717) is 37.6 Å². The first-order valence-corrected chi connectivity index (χ1v) is 11.3. The molecule has 0 spiro atoms. The number of piperazine rings is 1. The average Bonchev–Trinajstić information content (AvgIpc) is 2.87. The Morgan fingerprint density at radius 3 is 2.42 bits per heavy atom. The smallest absolute Gasteiger partial charge is 0.257 e. The van der Waals surface area contributed by atoms with Crippen LogP contribution in [0.25, 0.3) is 11.1 Å². The Hall–Kier alpha value is -3.74. The van der Waals surface area contributed by atoms with Crippen molar-refractivity contribution in [3.05, 3.63) is 78.1 Å². The number of benzene rings is 2. The third-order valence-electron chi connectivity index (χ3n) is 5.98. The molecule has 1 atom stereocenters. The number of nitrogens with one attached hydrogen (secondary N) is 1. The number of anilines is 1. The Morgan fingerprint density at radius 2 is 1.73 bits per heavy atom. The lowest BCUT2D eigenvalue weighted by atomic mass is 9.93. The molecule has 1 aliphatic heterocycles. The van der Waals surface area contributed by atoms with E-state index in [1.54, 1.807) is 11.9 Å². The van der Waals surface area contributed by atoms with E-state index in [0.717, 1.165) is 23.1 Å². The van der Waals surface area contributed by atoms with Crippen LogP contribution in [-0.2, 0) is 11.2 Å². The summed E-state index contributed by atoms with van der Waals surface area (Å²) in [5, 5.41) is 2.85. The van der Waals surface area contributed by atoms with Crippen LogP contribution in [0, 0.1) is 0 Å². The van der Waals surface area contributed by atoms with Crippen LogP contribution in [-0.4, -0.2) is 64.3 Å². The summed E-state index contributed by atoms with van der Waals surface area (Å²) >= 11 is 0. The summed E-state index contributed by atoms with van der Waals surface area (Å²) in [6, 6.07) is 17.6. The topological polar surface area (TPSA) is 78.4 Å². The number of rotatable bonds is 7. The molecule has 0 saturated carbocycles. The molecule has 0 aliphatic carbocycles. The molecule has 2 aromatic carbocycles. The van der Waals surface area contributed by atoms with Crippen LogP contribution in [0.3, 0.4) is 0 Å². The molecule has 170 valence electrons. The van der Waals surface area contributed by atoms with Crippen molar-refractivity contribution in [3.8, 4) is 11.1 Å². The fourth-order valence-corrected chi connectivity index (χ4v) is 4.31. The molecule has 0 radical (unpaired) electrons.